The summed E-state index contributed by atoms with van der Waals surface area (Å²) in [6, 6.07) is 0.0240. The normalized spacial score (nSPS) is 19.4. The standard InChI is InChI=1S/C13H21BrN4O/c1-9-12(14)8-18(16-9)10(2)13(19)15-11-4-6-17(3)7-5-11/h8,10-11H,4-7H2,1-3H3,(H,15,19). The average Bonchev–Trinajstić information content (AvgIpc) is 2.71. The molecule has 1 unspecified atom stereocenters. The molecule has 1 saturated heterocycles. The number of carbonyl (C=O) groups excluding carboxylic acids is 1. The molecule has 1 aromatic rings. The maximum atomic E-state index is 12.2. The number of amides is 1. The van der Waals surface area contributed by atoms with E-state index in [1.165, 1.54) is 0 Å². The molecule has 1 N–H and O–H groups in total. The van der Waals surface area contributed by atoms with Crippen molar-refractivity contribution in [2.45, 2.75) is 38.8 Å². The van der Waals surface area contributed by atoms with Crippen LogP contribution in [0.25, 0.3) is 0 Å². The second-order valence-corrected chi connectivity index (χ2v) is 6.16. The quantitative estimate of drug-likeness (QED) is 0.919. The zero-order valence-electron chi connectivity index (χ0n) is 11.7. The van der Waals surface area contributed by atoms with Crippen molar-refractivity contribution in [1.82, 2.24) is 20.0 Å². The van der Waals surface area contributed by atoms with Crippen molar-refractivity contribution in [3.8, 4) is 0 Å². The van der Waals surface area contributed by atoms with Gasteiger partial charge in [0.2, 0.25) is 5.91 Å². The lowest BCUT2D eigenvalue weighted by molar-refractivity contribution is -0.125. The molecule has 0 radical (unpaired) electrons. The fourth-order valence-electron chi connectivity index (χ4n) is 2.25. The topological polar surface area (TPSA) is 50.2 Å². The number of rotatable bonds is 3. The fraction of sp³-hybridized carbons (Fsp3) is 0.692. The Balaban J connectivity index is 1.92. The Hall–Kier alpha value is -0.880. The zero-order chi connectivity index (χ0) is 14.0. The van der Waals surface area contributed by atoms with Crippen LogP contribution in [-0.4, -0.2) is 46.8 Å². The SMILES string of the molecule is Cc1nn(C(C)C(=O)NC2CCN(C)CC2)cc1Br. The van der Waals surface area contributed by atoms with Gasteiger partial charge in [0.25, 0.3) is 0 Å². The number of hydrogen-bond donors (Lipinski definition) is 1. The molecule has 106 valence electrons. The minimum absolute atomic E-state index is 0.0459. The van der Waals surface area contributed by atoms with Crippen LogP contribution in [0.15, 0.2) is 10.7 Å². The third-order valence-electron chi connectivity index (χ3n) is 3.70. The van der Waals surface area contributed by atoms with Crippen molar-refractivity contribution in [3.63, 3.8) is 0 Å². The molecule has 1 aliphatic heterocycles. The van der Waals surface area contributed by atoms with Gasteiger partial charge in [0, 0.05) is 12.2 Å². The van der Waals surface area contributed by atoms with Crippen LogP contribution in [-0.2, 0) is 4.79 Å². The Morgan fingerprint density at radius 1 is 1.53 bits per heavy atom. The number of carbonyl (C=O) groups is 1. The van der Waals surface area contributed by atoms with E-state index in [2.05, 4.69) is 38.3 Å². The predicted molar refractivity (Wildman–Crippen MR) is 78.0 cm³/mol. The summed E-state index contributed by atoms with van der Waals surface area (Å²) in [5, 5.41) is 7.46. The first-order valence-electron chi connectivity index (χ1n) is 6.67. The third kappa shape index (κ3) is 3.57. The summed E-state index contributed by atoms with van der Waals surface area (Å²) in [5.41, 5.74) is 0.902. The second-order valence-electron chi connectivity index (χ2n) is 5.30. The molecule has 0 aliphatic carbocycles. The number of aromatic nitrogens is 2. The van der Waals surface area contributed by atoms with Crippen molar-refractivity contribution in [2.24, 2.45) is 0 Å². The van der Waals surface area contributed by atoms with Crippen LogP contribution in [0, 0.1) is 6.92 Å². The molecule has 0 saturated carbocycles. The van der Waals surface area contributed by atoms with Crippen LogP contribution < -0.4 is 5.32 Å². The Bertz CT molecular complexity index is 432. The Labute approximate surface area is 122 Å². The number of hydrogen-bond acceptors (Lipinski definition) is 3. The van der Waals surface area contributed by atoms with E-state index in [1.807, 2.05) is 20.0 Å². The summed E-state index contributed by atoms with van der Waals surface area (Å²) in [6.45, 7) is 5.89. The number of aryl methyl sites for hydroxylation is 1. The summed E-state index contributed by atoms with van der Waals surface area (Å²) in [4.78, 5) is 14.5. The highest BCUT2D eigenvalue weighted by molar-refractivity contribution is 9.10. The van der Waals surface area contributed by atoms with Crippen LogP contribution in [0.1, 0.15) is 31.5 Å². The van der Waals surface area contributed by atoms with Gasteiger partial charge in [-0.2, -0.15) is 5.10 Å². The molecule has 19 heavy (non-hydrogen) atoms. The molecule has 5 nitrogen and oxygen atoms in total. The van der Waals surface area contributed by atoms with Crippen LogP contribution >= 0.6 is 15.9 Å². The monoisotopic (exact) mass is 328 g/mol. The first-order chi connectivity index (χ1) is 8.97. The lowest BCUT2D eigenvalue weighted by atomic mass is 10.1. The summed E-state index contributed by atoms with van der Waals surface area (Å²) >= 11 is 3.42. The van der Waals surface area contributed by atoms with E-state index in [9.17, 15) is 4.79 Å². The average molecular weight is 329 g/mol. The van der Waals surface area contributed by atoms with Gasteiger partial charge >= 0.3 is 0 Å². The molecule has 2 heterocycles. The largest absolute Gasteiger partial charge is 0.351 e. The van der Waals surface area contributed by atoms with E-state index >= 15 is 0 Å². The highest BCUT2D eigenvalue weighted by atomic mass is 79.9. The maximum Gasteiger partial charge on any atom is 0.244 e. The fourth-order valence-corrected chi connectivity index (χ4v) is 2.54. The van der Waals surface area contributed by atoms with Crippen LogP contribution in [0.3, 0.4) is 0 Å². The van der Waals surface area contributed by atoms with Gasteiger partial charge in [-0.25, -0.2) is 0 Å². The maximum absolute atomic E-state index is 12.2. The number of nitrogens with one attached hydrogen (secondary N) is 1. The Morgan fingerprint density at radius 3 is 2.68 bits per heavy atom. The first-order valence-corrected chi connectivity index (χ1v) is 7.47. The van der Waals surface area contributed by atoms with Crippen molar-refractivity contribution >= 4 is 21.8 Å². The van der Waals surface area contributed by atoms with E-state index in [0.29, 0.717) is 6.04 Å². The Morgan fingerprint density at radius 2 is 2.16 bits per heavy atom. The van der Waals surface area contributed by atoms with E-state index in [0.717, 1.165) is 36.1 Å². The molecular weight excluding hydrogens is 308 g/mol. The molecule has 6 heteroatoms. The molecule has 1 aliphatic rings. The minimum atomic E-state index is -0.273. The van der Waals surface area contributed by atoms with Gasteiger partial charge in [-0.05, 0) is 62.8 Å². The smallest absolute Gasteiger partial charge is 0.244 e. The van der Waals surface area contributed by atoms with Crippen molar-refractivity contribution in [1.29, 1.82) is 0 Å². The molecule has 1 aromatic heterocycles. The summed E-state index contributed by atoms with van der Waals surface area (Å²) in [7, 11) is 2.12. The molecule has 0 aromatic carbocycles. The molecule has 1 amide bonds. The number of nitrogens with zero attached hydrogens (tertiary/aromatic N) is 3. The summed E-state index contributed by atoms with van der Waals surface area (Å²) < 4.78 is 2.65. The molecular formula is C13H21BrN4O. The molecule has 1 atom stereocenters. The number of likely N-dealkylation sites (tertiary alicyclic amines) is 1. The lowest BCUT2D eigenvalue weighted by Gasteiger charge is -2.30. The van der Waals surface area contributed by atoms with Gasteiger partial charge in [0.1, 0.15) is 6.04 Å². The van der Waals surface area contributed by atoms with Crippen LogP contribution in [0.2, 0.25) is 0 Å². The first kappa shape index (κ1) is 14.5. The van der Waals surface area contributed by atoms with E-state index in [4.69, 9.17) is 0 Å². The van der Waals surface area contributed by atoms with E-state index in [1.54, 1.807) is 4.68 Å². The molecule has 0 spiro atoms. The number of piperidine rings is 1. The third-order valence-corrected chi connectivity index (χ3v) is 4.48. The molecule has 2 rings (SSSR count). The summed E-state index contributed by atoms with van der Waals surface area (Å²) in [5.74, 6) is 0.0459. The van der Waals surface area contributed by atoms with Crippen molar-refractivity contribution in [2.75, 3.05) is 20.1 Å². The van der Waals surface area contributed by atoms with Gasteiger partial charge < -0.3 is 10.2 Å². The minimum Gasteiger partial charge on any atom is -0.351 e. The van der Waals surface area contributed by atoms with Crippen molar-refractivity contribution < 1.29 is 4.79 Å². The highest BCUT2D eigenvalue weighted by Gasteiger charge is 2.22. The number of halogens is 1. The van der Waals surface area contributed by atoms with Crippen LogP contribution in [0.4, 0.5) is 0 Å². The van der Waals surface area contributed by atoms with Gasteiger partial charge in [-0.1, -0.05) is 0 Å². The zero-order valence-corrected chi connectivity index (χ0v) is 13.3. The Kier molecular flexibility index (Phi) is 4.62. The van der Waals surface area contributed by atoms with Gasteiger partial charge in [0.15, 0.2) is 0 Å². The molecule has 1 fully saturated rings. The molecule has 0 bridgehead atoms. The van der Waals surface area contributed by atoms with E-state index < -0.39 is 0 Å². The highest BCUT2D eigenvalue weighted by Crippen LogP contribution is 2.17. The van der Waals surface area contributed by atoms with E-state index in [-0.39, 0.29) is 11.9 Å². The van der Waals surface area contributed by atoms with Crippen LogP contribution in [0.5, 0.6) is 0 Å². The van der Waals surface area contributed by atoms with Gasteiger partial charge in [-0.3, -0.25) is 9.48 Å². The van der Waals surface area contributed by atoms with Crippen molar-refractivity contribution in [3.05, 3.63) is 16.4 Å². The summed E-state index contributed by atoms with van der Waals surface area (Å²) in [6.07, 6.45) is 3.90. The van der Waals surface area contributed by atoms with Gasteiger partial charge in [0.05, 0.1) is 10.2 Å². The van der Waals surface area contributed by atoms with Gasteiger partial charge in [-0.15, -0.1) is 0 Å². The second kappa shape index (κ2) is 6.05. The lowest BCUT2D eigenvalue weighted by Crippen LogP contribution is -2.45. The predicted octanol–water partition coefficient (Wildman–Crippen LogP) is 1.73.